The van der Waals surface area contributed by atoms with Crippen LogP contribution in [0.3, 0.4) is 0 Å². The summed E-state index contributed by atoms with van der Waals surface area (Å²) in [6, 6.07) is 0.505. The van der Waals surface area contributed by atoms with Crippen LogP contribution in [0.25, 0.3) is 0 Å². The summed E-state index contributed by atoms with van der Waals surface area (Å²) >= 11 is 1.44. The lowest BCUT2D eigenvalue weighted by atomic mass is 10.0. The summed E-state index contributed by atoms with van der Waals surface area (Å²) in [5.74, 6) is 0.128. The summed E-state index contributed by atoms with van der Waals surface area (Å²) in [5, 5.41) is 5.46. The third-order valence-electron chi connectivity index (χ3n) is 4.90. The third kappa shape index (κ3) is 3.83. The molecule has 1 aliphatic heterocycles. The number of amides is 3. The molecule has 2 heterocycles. The van der Waals surface area contributed by atoms with Gasteiger partial charge in [-0.05, 0) is 25.7 Å². The first-order valence-corrected chi connectivity index (χ1v) is 9.27. The molecule has 1 saturated carbocycles. The van der Waals surface area contributed by atoms with Gasteiger partial charge >= 0.3 is 6.03 Å². The number of hydrogen-bond acceptors (Lipinski definition) is 4. The SMILES string of the molecule is CC(=O)N1CCC(N(C(=O)Nc2nccs2)C2CCCC2)CC1. The van der Waals surface area contributed by atoms with Gasteiger partial charge in [0.1, 0.15) is 0 Å². The molecule has 126 valence electrons. The highest BCUT2D eigenvalue weighted by Crippen LogP contribution is 2.29. The summed E-state index contributed by atoms with van der Waals surface area (Å²) in [6.45, 7) is 3.10. The zero-order chi connectivity index (χ0) is 16.2. The Kier molecular flexibility index (Phi) is 5.15. The van der Waals surface area contributed by atoms with Crippen molar-refractivity contribution in [2.75, 3.05) is 18.4 Å². The first kappa shape index (κ1) is 16.2. The standard InChI is InChI=1S/C16H24N4O2S/c1-12(21)19-9-6-14(7-10-19)20(13-4-2-3-5-13)16(22)18-15-17-8-11-23-15/h8,11,13-14H,2-7,9-10H2,1H3,(H,17,18,22). The monoisotopic (exact) mass is 336 g/mol. The Balaban J connectivity index is 1.68. The molecule has 0 bridgehead atoms. The zero-order valence-corrected chi connectivity index (χ0v) is 14.3. The Hall–Kier alpha value is -1.63. The minimum atomic E-state index is -0.0341. The lowest BCUT2D eigenvalue weighted by Gasteiger charge is -2.41. The highest BCUT2D eigenvalue weighted by molar-refractivity contribution is 7.13. The van der Waals surface area contributed by atoms with Gasteiger partial charge in [-0.3, -0.25) is 10.1 Å². The Morgan fingerprint density at radius 2 is 1.87 bits per heavy atom. The van der Waals surface area contributed by atoms with Gasteiger partial charge in [-0.25, -0.2) is 9.78 Å². The predicted octanol–water partition coefficient (Wildman–Crippen LogP) is 2.93. The van der Waals surface area contributed by atoms with Gasteiger partial charge in [0.25, 0.3) is 0 Å². The molecule has 0 radical (unpaired) electrons. The van der Waals surface area contributed by atoms with Crippen molar-refractivity contribution < 1.29 is 9.59 Å². The molecule has 23 heavy (non-hydrogen) atoms. The Morgan fingerprint density at radius 1 is 1.22 bits per heavy atom. The van der Waals surface area contributed by atoms with Crippen molar-refractivity contribution in [3.05, 3.63) is 11.6 Å². The van der Waals surface area contributed by atoms with Crippen LogP contribution in [0.4, 0.5) is 9.93 Å². The number of hydrogen-bond donors (Lipinski definition) is 1. The highest BCUT2D eigenvalue weighted by atomic mass is 32.1. The average molecular weight is 336 g/mol. The summed E-state index contributed by atoms with van der Waals surface area (Å²) < 4.78 is 0. The van der Waals surface area contributed by atoms with Gasteiger partial charge in [0, 0.05) is 43.7 Å². The lowest BCUT2D eigenvalue weighted by molar-refractivity contribution is -0.130. The van der Waals surface area contributed by atoms with E-state index in [1.54, 1.807) is 13.1 Å². The second-order valence-corrected chi connectivity index (χ2v) is 7.24. The zero-order valence-electron chi connectivity index (χ0n) is 13.5. The molecule has 1 aromatic rings. The van der Waals surface area contributed by atoms with Crippen LogP contribution in [-0.2, 0) is 4.79 Å². The molecule has 3 amide bonds. The largest absolute Gasteiger partial charge is 0.343 e. The Morgan fingerprint density at radius 3 is 2.43 bits per heavy atom. The van der Waals surface area contributed by atoms with Crippen LogP contribution in [-0.4, -0.2) is 51.9 Å². The number of likely N-dealkylation sites (tertiary alicyclic amines) is 1. The number of thiazole rings is 1. The molecule has 0 spiro atoms. The number of nitrogens with one attached hydrogen (secondary N) is 1. The normalized spacial score (nSPS) is 19.8. The predicted molar refractivity (Wildman–Crippen MR) is 90.5 cm³/mol. The van der Waals surface area contributed by atoms with Gasteiger partial charge in [0.2, 0.25) is 5.91 Å². The average Bonchev–Trinajstić information content (AvgIpc) is 3.22. The Labute approximate surface area is 140 Å². The van der Waals surface area contributed by atoms with Crippen molar-refractivity contribution in [2.45, 2.75) is 57.5 Å². The molecule has 0 atom stereocenters. The van der Waals surface area contributed by atoms with Gasteiger partial charge in [-0.1, -0.05) is 12.8 Å². The molecule has 2 aliphatic rings. The number of aromatic nitrogens is 1. The van der Waals surface area contributed by atoms with Crippen molar-refractivity contribution in [3.63, 3.8) is 0 Å². The second-order valence-electron chi connectivity index (χ2n) is 6.35. The number of carbonyl (C=O) groups is 2. The summed E-state index contributed by atoms with van der Waals surface area (Å²) in [5.41, 5.74) is 0. The van der Waals surface area contributed by atoms with Gasteiger partial charge in [0.05, 0.1) is 0 Å². The van der Waals surface area contributed by atoms with Gasteiger partial charge in [-0.2, -0.15) is 0 Å². The van der Waals surface area contributed by atoms with Gasteiger partial charge < -0.3 is 9.80 Å². The fourth-order valence-electron chi connectivity index (χ4n) is 3.71. The smallest absolute Gasteiger partial charge is 0.324 e. The summed E-state index contributed by atoms with van der Waals surface area (Å²) in [6.07, 6.45) is 7.97. The third-order valence-corrected chi connectivity index (χ3v) is 5.59. The van der Waals surface area contributed by atoms with Gasteiger partial charge in [-0.15, -0.1) is 11.3 Å². The van der Waals surface area contributed by atoms with Gasteiger partial charge in [0.15, 0.2) is 5.13 Å². The summed E-state index contributed by atoms with van der Waals surface area (Å²) in [4.78, 5) is 32.4. The van der Waals surface area contributed by atoms with Crippen LogP contribution in [0.5, 0.6) is 0 Å². The summed E-state index contributed by atoms with van der Waals surface area (Å²) in [7, 11) is 0. The molecule has 2 fully saturated rings. The molecule has 1 aromatic heterocycles. The number of nitrogens with zero attached hydrogens (tertiary/aromatic N) is 3. The molecule has 1 N–H and O–H groups in total. The van der Waals surface area contributed by atoms with E-state index in [0.29, 0.717) is 11.2 Å². The molecular formula is C16H24N4O2S. The van der Waals surface area contributed by atoms with E-state index in [2.05, 4.69) is 10.3 Å². The molecule has 1 aliphatic carbocycles. The number of carbonyl (C=O) groups excluding carboxylic acids is 2. The minimum absolute atomic E-state index is 0.0341. The van der Waals surface area contributed by atoms with E-state index in [0.717, 1.165) is 38.8 Å². The number of rotatable bonds is 3. The fourth-order valence-corrected chi connectivity index (χ4v) is 4.23. The number of urea groups is 1. The van der Waals surface area contributed by atoms with E-state index in [4.69, 9.17) is 0 Å². The number of anilines is 1. The Bertz CT molecular complexity index is 534. The molecule has 3 rings (SSSR count). The van der Waals surface area contributed by atoms with Crippen molar-refractivity contribution >= 4 is 28.4 Å². The van der Waals surface area contributed by atoms with Crippen molar-refractivity contribution in [1.29, 1.82) is 0 Å². The second kappa shape index (κ2) is 7.29. The van der Waals surface area contributed by atoms with E-state index in [-0.39, 0.29) is 18.0 Å². The minimum Gasteiger partial charge on any atom is -0.343 e. The van der Waals surface area contributed by atoms with Crippen LogP contribution < -0.4 is 5.32 Å². The van der Waals surface area contributed by atoms with Crippen LogP contribution in [0, 0.1) is 0 Å². The van der Waals surface area contributed by atoms with E-state index in [1.807, 2.05) is 15.2 Å². The van der Waals surface area contributed by atoms with Crippen molar-refractivity contribution in [1.82, 2.24) is 14.8 Å². The fraction of sp³-hybridized carbons (Fsp3) is 0.688. The highest BCUT2D eigenvalue weighted by Gasteiger charge is 2.35. The molecule has 6 nitrogen and oxygen atoms in total. The first-order chi connectivity index (χ1) is 11.1. The quantitative estimate of drug-likeness (QED) is 0.923. The van der Waals surface area contributed by atoms with Crippen molar-refractivity contribution in [2.24, 2.45) is 0 Å². The van der Waals surface area contributed by atoms with E-state index in [1.165, 1.54) is 24.2 Å². The molecule has 0 aromatic carbocycles. The van der Waals surface area contributed by atoms with E-state index < -0.39 is 0 Å². The molecule has 1 saturated heterocycles. The maximum Gasteiger partial charge on any atom is 0.324 e. The van der Waals surface area contributed by atoms with Crippen molar-refractivity contribution in [3.8, 4) is 0 Å². The number of piperidine rings is 1. The van der Waals surface area contributed by atoms with E-state index >= 15 is 0 Å². The first-order valence-electron chi connectivity index (χ1n) is 8.39. The van der Waals surface area contributed by atoms with Crippen LogP contribution >= 0.6 is 11.3 Å². The maximum absolute atomic E-state index is 12.8. The van der Waals surface area contributed by atoms with Crippen LogP contribution in [0.2, 0.25) is 0 Å². The molecule has 0 unspecified atom stereocenters. The van der Waals surface area contributed by atoms with Crippen LogP contribution in [0.15, 0.2) is 11.6 Å². The molecular weight excluding hydrogens is 312 g/mol. The van der Waals surface area contributed by atoms with Crippen LogP contribution in [0.1, 0.15) is 45.4 Å². The lowest BCUT2D eigenvalue weighted by Crippen LogP contribution is -2.53. The van der Waals surface area contributed by atoms with E-state index in [9.17, 15) is 9.59 Å². The molecule has 7 heteroatoms. The maximum atomic E-state index is 12.8. The topological polar surface area (TPSA) is 65.5 Å².